The maximum atomic E-state index is 14.3. The zero-order chi connectivity index (χ0) is 47.3. The molecule has 0 radical (unpaired) electrons. The van der Waals surface area contributed by atoms with E-state index in [-0.39, 0.29) is 65.2 Å². The Morgan fingerprint density at radius 3 is 2.17 bits per heavy atom. The predicted molar refractivity (Wildman–Crippen MR) is 265 cm³/mol. The molecule has 8 bridgehead atoms. The first-order valence-electron chi connectivity index (χ1n) is 23.7. The number of fused-ring (bicyclic) bond motifs is 8. The Morgan fingerprint density at radius 1 is 0.833 bits per heavy atom. The SMILES string of the molecule is C/C=C1/c2cc3[n-]c4c(c5nc(cc6[n-]c(cc(n2)[C@@H]1C)c(C(C)=O)c6C)[C@@H](C)[C@@H]5CCC(=O)OC/C=C(\C)CCC[C@H](C)CCC[C@H](C)CCC=C(C)C)C(C(=O)OC)=C([O-])c4c3C.[Mg+2]. The van der Waals surface area contributed by atoms with Crippen LogP contribution in [0.5, 0.6) is 0 Å². The maximum Gasteiger partial charge on any atom is 2.00 e. The van der Waals surface area contributed by atoms with E-state index < -0.39 is 17.6 Å². The molecule has 0 spiro atoms. The standard InChI is InChI=1S/C55H72N4O6.Mg/c1-13-39-34(7)41-29-46-48(38(11)60)36(9)43(57-46)27-42-35(8)40(52(58-42)50-51(55(63)64-12)54(62)49-37(10)44(59-53(49)50)28-45(39)56-41)23-24-47(61)65-26-25-33(6)22-16-21-32(5)20-15-19-31(4)18-14-17-30(2)3;/h13,17,25,27-29,31-32,34-35,40H,14-16,18-24,26H2,1-12H3,(H3,56,57,58,59,60,62,63);/q;+2/p-3/b33-25+,39-13+;/t31-,32-,34-,35+,40+;/m1./s1. The number of ketones is 1. The molecule has 11 heteroatoms. The first-order chi connectivity index (χ1) is 30.9. The van der Waals surface area contributed by atoms with Gasteiger partial charge in [0.05, 0.1) is 24.1 Å². The summed E-state index contributed by atoms with van der Waals surface area (Å²) in [7, 11) is 1.25. The molecule has 0 fully saturated rings. The Hall–Kier alpha value is -4.74. The van der Waals surface area contributed by atoms with E-state index in [0.717, 1.165) is 35.6 Å². The molecule has 0 aromatic carbocycles. The number of nitrogens with zero attached hydrogens (tertiary/aromatic N) is 4. The van der Waals surface area contributed by atoms with E-state index in [1.165, 1.54) is 56.8 Å². The van der Waals surface area contributed by atoms with E-state index in [2.05, 4.69) is 47.6 Å². The number of esters is 2. The Bertz CT molecular complexity index is 2620. The molecule has 2 aliphatic heterocycles. The number of hydrogen-bond donors (Lipinski definition) is 0. The van der Waals surface area contributed by atoms with Crippen LogP contribution < -0.4 is 15.1 Å². The number of Topliss-reactive ketones (excluding diaryl/α,β-unsaturated/α-hetero) is 1. The van der Waals surface area contributed by atoms with Crippen LogP contribution in [0.1, 0.15) is 200 Å². The van der Waals surface area contributed by atoms with E-state index in [1.807, 2.05) is 58.0 Å². The minimum atomic E-state index is -0.773. The molecule has 0 saturated heterocycles. The number of allylic oxidation sites excluding steroid dienone is 5. The second-order valence-electron chi connectivity index (χ2n) is 19.2. The first-order valence-corrected chi connectivity index (χ1v) is 23.7. The zero-order valence-corrected chi connectivity index (χ0v) is 43.0. The fraction of sp³-hybridized carbons (Fsp3) is 0.509. The van der Waals surface area contributed by atoms with Crippen LogP contribution in [0.15, 0.2) is 47.6 Å². The van der Waals surface area contributed by atoms with Crippen LogP contribution in [0.2, 0.25) is 0 Å². The summed E-state index contributed by atoms with van der Waals surface area (Å²) in [6.45, 7) is 22.7. The molecule has 1 aliphatic carbocycles. The number of aryl methyl sites for hydroxylation is 2. The van der Waals surface area contributed by atoms with Crippen molar-refractivity contribution >= 4 is 79.7 Å². The summed E-state index contributed by atoms with van der Waals surface area (Å²) in [5.74, 6) is -0.988. The molecule has 3 aliphatic rings. The minimum absolute atomic E-state index is 0. The molecule has 66 heavy (non-hydrogen) atoms. The van der Waals surface area contributed by atoms with Gasteiger partial charge in [0.25, 0.3) is 0 Å². The molecule has 0 saturated carbocycles. The molecule has 0 amide bonds. The number of carbonyl (C=O) groups is 3. The number of carbonyl (C=O) groups excluding carboxylic acids is 3. The van der Waals surface area contributed by atoms with Gasteiger partial charge < -0.3 is 24.5 Å². The Labute approximate surface area is 408 Å². The van der Waals surface area contributed by atoms with Gasteiger partial charge in [-0.3, -0.25) is 19.6 Å². The van der Waals surface area contributed by atoms with Crippen LogP contribution in [0.25, 0.3) is 39.0 Å². The van der Waals surface area contributed by atoms with Crippen molar-refractivity contribution in [2.75, 3.05) is 13.7 Å². The number of aromatic nitrogens is 4. The summed E-state index contributed by atoms with van der Waals surface area (Å²) < 4.78 is 11.0. The molecule has 3 aromatic rings. The third-order valence-corrected chi connectivity index (χ3v) is 13.9. The molecule has 0 unspecified atom stereocenters. The second kappa shape index (κ2) is 22.8. The van der Waals surface area contributed by atoms with Gasteiger partial charge in [0.15, 0.2) is 5.78 Å². The molecule has 3 aromatic heterocycles. The zero-order valence-electron chi connectivity index (χ0n) is 41.6. The van der Waals surface area contributed by atoms with Gasteiger partial charge in [-0.15, -0.1) is 22.1 Å². The third kappa shape index (κ3) is 11.5. The van der Waals surface area contributed by atoms with E-state index in [1.54, 1.807) is 6.92 Å². The molecule has 6 rings (SSSR count). The van der Waals surface area contributed by atoms with E-state index >= 15 is 0 Å². The van der Waals surface area contributed by atoms with Gasteiger partial charge in [-0.2, -0.15) is 0 Å². The summed E-state index contributed by atoms with van der Waals surface area (Å²) >= 11 is 0. The van der Waals surface area contributed by atoms with Gasteiger partial charge in [0.1, 0.15) is 6.61 Å². The van der Waals surface area contributed by atoms with Crippen LogP contribution in [0.3, 0.4) is 0 Å². The van der Waals surface area contributed by atoms with Crippen LogP contribution in [-0.2, 0) is 19.1 Å². The predicted octanol–water partition coefficient (Wildman–Crippen LogP) is 11.4. The number of methoxy groups -OCH3 is 1. The summed E-state index contributed by atoms with van der Waals surface area (Å²) in [4.78, 5) is 60.3. The Balaban J connectivity index is 0.00000817. The number of ether oxygens (including phenoxy) is 2. The average molecular weight is 906 g/mol. The topological polar surface area (TPSA) is 147 Å². The van der Waals surface area contributed by atoms with Gasteiger partial charge in [-0.1, -0.05) is 112 Å². The van der Waals surface area contributed by atoms with E-state index in [9.17, 15) is 19.5 Å². The monoisotopic (exact) mass is 906 g/mol. The van der Waals surface area contributed by atoms with Crippen LogP contribution in [0, 0.1) is 25.7 Å². The van der Waals surface area contributed by atoms with Gasteiger partial charge in [0, 0.05) is 41.1 Å². The number of hydrogen-bond acceptors (Lipinski definition) is 8. The molecule has 5 atom stereocenters. The molecular formula is C55H69MgN4O6-. The molecule has 348 valence electrons. The largest absolute Gasteiger partial charge is 2.00 e. The van der Waals surface area contributed by atoms with Crippen molar-refractivity contribution in [3.05, 3.63) is 98.2 Å². The number of rotatable bonds is 18. The van der Waals surface area contributed by atoms with Crippen molar-refractivity contribution < 1.29 is 29.0 Å². The summed E-state index contributed by atoms with van der Waals surface area (Å²) in [6, 6.07) is 5.65. The van der Waals surface area contributed by atoms with Crippen molar-refractivity contribution in [2.24, 2.45) is 11.8 Å². The maximum absolute atomic E-state index is 14.3. The van der Waals surface area contributed by atoms with Crippen molar-refractivity contribution in [3.63, 3.8) is 0 Å². The summed E-state index contributed by atoms with van der Waals surface area (Å²) in [5, 5.41) is 14.3. The van der Waals surface area contributed by atoms with Gasteiger partial charge in [0.2, 0.25) is 0 Å². The summed E-state index contributed by atoms with van der Waals surface area (Å²) in [6.07, 6.45) is 16.3. The second-order valence-corrected chi connectivity index (χ2v) is 19.2. The van der Waals surface area contributed by atoms with Crippen molar-refractivity contribution in [2.45, 2.75) is 158 Å². The average Bonchev–Trinajstić information content (AvgIpc) is 4.00. The van der Waals surface area contributed by atoms with Crippen LogP contribution in [0.4, 0.5) is 0 Å². The van der Waals surface area contributed by atoms with E-state index in [4.69, 9.17) is 29.4 Å². The minimum Gasteiger partial charge on any atom is -0.871 e. The molecular weight excluding hydrogens is 837 g/mol. The molecule has 10 nitrogen and oxygen atoms in total. The van der Waals surface area contributed by atoms with Gasteiger partial charge >= 0.3 is 35.0 Å². The van der Waals surface area contributed by atoms with E-state index in [0.29, 0.717) is 73.7 Å². The Morgan fingerprint density at radius 2 is 1.50 bits per heavy atom. The third-order valence-electron chi connectivity index (χ3n) is 13.9. The van der Waals surface area contributed by atoms with Gasteiger partial charge in [-0.05, 0) is 115 Å². The fourth-order valence-electron chi connectivity index (χ4n) is 9.88. The molecule has 5 heterocycles. The van der Waals surface area contributed by atoms with Crippen LogP contribution in [-0.4, -0.2) is 64.5 Å². The Kier molecular flexibility index (Phi) is 18.1. The quantitative estimate of drug-likeness (QED) is 0.0523. The van der Waals surface area contributed by atoms with Crippen molar-refractivity contribution in [1.29, 1.82) is 0 Å². The summed E-state index contributed by atoms with van der Waals surface area (Å²) in [5.41, 5.74) is 10.6. The fourth-order valence-corrected chi connectivity index (χ4v) is 9.88. The molecule has 0 N–H and O–H groups in total. The smallest absolute Gasteiger partial charge is 0.871 e. The van der Waals surface area contributed by atoms with Gasteiger partial charge in [-0.25, -0.2) is 4.79 Å². The first kappa shape index (κ1) is 52.2. The van der Waals surface area contributed by atoms with Crippen LogP contribution >= 0.6 is 0 Å². The van der Waals surface area contributed by atoms with Crippen molar-refractivity contribution in [3.8, 4) is 0 Å². The van der Waals surface area contributed by atoms with Crippen molar-refractivity contribution in [1.82, 2.24) is 19.9 Å². The normalized spacial score (nSPS) is 18.3.